The van der Waals surface area contributed by atoms with Gasteiger partial charge in [0.15, 0.2) is 10.8 Å². The first-order valence-electron chi connectivity index (χ1n) is 9.90. The molecule has 2 saturated heterocycles. The molecule has 2 aromatic carbocycles. The SMILES string of the molecule is CC1C2(c3ccc(Br)cc3)OC(=N)C1(C#N)C(C#N)(C#N)C(CCc1ccccc1)O2. The molecule has 31 heavy (non-hydrogen) atoms. The molecule has 0 amide bonds. The second-order valence-corrected chi connectivity index (χ2v) is 8.83. The number of hydrogen-bond acceptors (Lipinski definition) is 6. The van der Waals surface area contributed by atoms with Crippen molar-refractivity contribution in [1.29, 1.82) is 21.2 Å². The van der Waals surface area contributed by atoms with E-state index in [-0.39, 0.29) is 0 Å². The third kappa shape index (κ3) is 2.73. The molecule has 0 saturated carbocycles. The molecular formula is C24H19BrN4O2. The predicted molar refractivity (Wildman–Crippen MR) is 115 cm³/mol. The molecule has 0 aromatic heterocycles. The summed E-state index contributed by atoms with van der Waals surface area (Å²) >= 11 is 3.41. The summed E-state index contributed by atoms with van der Waals surface area (Å²) in [6, 6.07) is 23.3. The highest BCUT2D eigenvalue weighted by atomic mass is 79.9. The summed E-state index contributed by atoms with van der Waals surface area (Å²) < 4.78 is 13.3. The predicted octanol–water partition coefficient (Wildman–Crippen LogP) is 4.82. The highest BCUT2D eigenvalue weighted by molar-refractivity contribution is 9.10. The van der Waals surface area contributed by atoms with Crippen molar-refractivity contribution in [3.8, 4) is 18.2 Å². The van der Waals surface area contributed by atoms with E-state index in [2.05, 4.69) is 34.1 Å². The molecule has 2 fully saturated rings. The molecule has 0 aliphatic carbocycles. The minimum Gasteiger partial charge on any atom is -0.443 e. The maximum absolute atomic E-state index is 10.3. The van der Waals surface area contributed by atoms with Gasteiger partial charge in [-0.1, -0.05) is 65.3 Å². The second kappa shape index (κ2) is 7.50. The number of nitrogens with zero attached hydrogens (tertiary/aromatic N) is 3. The number of hydrogen-bond donors (Lipinski definition) is 1. The average molecular weight is 475 g/mol. The van der Waals surface area contributed by atoms with Gasteiger partial charge in [-0.05, 0) is 30.5 Å². The summed E-state index contributed by atoms with van der Waals surface area (Å²) in [6.45, 7) is 1.71. The summed E-state index contributed by atoms with van der Waals surface area (Å²) in [5.74, 6) is -2.56. The van der Waals surface area contributed by atoms with Crippen molar-refractivity contribution in [2.75, 3.05) is 0 Å². The number of benzene rings is 2. The van der Waals surface area contributed by atoms with Crippen molar-refractivity contribution < 1.29 is 9.47 Å². The number of halogens is 1. The molecule has 154 valence electrons. The Bertz CT molecular complexity index is 1130. The van der Waals surface area contributed by atoms with E-state index in [1.807, 2.05) is 42.5 Å². The average Bonchev–Trinajstić information content (AvgIpc) is 2.95. The summed E-state index contributed by atoms with van der Waals surface area (Å²) in [5, 5.41) is 39.2. The summed E-state index contributed by atoms with van der Waals surface area (Å²) in [4.78, 5) is 0. The van der Waals surface area contributed by atoms with Crippen molar-refractivity contribution in [2.45, 2.75) is 31.7 Å². The maximum atomic E-state index is 10.3. The lowest BCUT2D eigenvalue weighted by Gasteiger charge is -2.48. The van der Waals surface area contributed by atoms with Crippen LogP contribution in [-0.2, 0) is 21.7 Å². The molecule has 4 rings (SSSR count). The monoisotopic (exact) mass is 474 g/mol. The number of aryl methyl sites for hydroxylation is 1. The smallest absolute Gasteiger partial charge is 0.243 e. The topological polar surface area (TPSA) is 114 Å². The van der Waals surface area contributed by atoms with Crippen LogP contribution < -0.4 is 0 Å². The lowest BCUT2D eigenvalue weighted by atomic mass is 9.53. The van der Waals surface area contributed by atoms with E-state index >= 15 is 0 Å². The molecule has 2 bridgehead atoms. The maximum Gasteiger partial charge on any atom is 0.243 e. The molecule has 6 nitrogen and oxygen atoms in total. The van der Waals surface area contributed by atoms with Gasteiger partial charge in [-0.25, -0.2) is 0 Å². The van der Waals surface area contributed by atoms with Crippen LogP contribution >= 0.6 is 15.9 Å². The van der Waals surface area contributed by atoms with E-state index in [9.17, 15) is 15.8 Å². The Kier molecular flexibility index (Phi) is 5.10. The van der Waals surface area contributed by atoms with Crippen LogP contribution in [-0.4, -0.2) is 12.0 Å². The van der Waals surface area contributed by atoms with E-state index in [1.54, 1.807) is 19.1 Å². The van der Waals surface area contributed by atoms with Crippen molar-refractivity contribution in [1.82, 2.24) is 0 Å². The zero-order chi connectivity index (χ0) is 22.3. The first-order chi connectivity index (χ1) is 14.9. The van der Waals surface area contributed by atoms with Crippen LogP contribution in [0.15, 0.2) is 59.1 Å². The van der Waals surface area contributed by atoms with Gasteiger partial charge in [0.25, 0.3) is 0 Å². The number of nitriles is 3. The van der Waals surface area contributed by atoms with Gasteiger partial charge in [-0.15, -0.1) is 0 Å². The van der Waals surface area contributed by atoms with Gasteiger partial charge >= 0.3 is 0 Å². The highest BCUT2D eigenvalue weighted by Crippen LogP contribution is 2.66. The molecule has 4 unspecified atom stereocenters. The first-order valence-corrected chi connectivity index (χ1v) is 10.7. The fourth-order valence-corrected chi connectivity index (χ4v) is 5.13. The van der Waals surface area contributed by atoms with Crippen molar-refractivity contribution in [2.24, 2.45) is 16.7 Å². The van der Waals surface area contributed by atoms with Crippen LogP contribution in [0, 0.1) is 56.2 Å². The lowest BCUT2D eigenvalue weighted by Crippen LogP contribution is -2.61. The zero-order valence-corrected chi connectivity index (χ0v) is 18.4. The van der Waals surface area contributed by atoms with Gasteiger partial charge in [-0.3, -0.25) is 5.41 Å². The van der Waals surface area contributed by atoms with Crippen LogP contribution in [0.5, 0.6) is 0 Å². The quantitative estimate of drug-likeness (QED) is 0.681. The normalized spacial score (nSPS) is 30.5. The van der Waals surface area contributed by atoms with Crippen molar-refractivity contribution in [3.05, 3.63) is 70.2 Å². The van der Waals surface area contributed by atoms with E-state index in [1.165, 1.54) is 0 Å². The van der Waals surface area contributed by atoms with Crippen LogP contribution in [0.3, 0.4) is 0 Å². The van der Waals surface area contributed by atoms with Gasteiger partial charge in [0.2, 0.25) is 11.7 Å². The van der Waals surface area contributed by atoms with Crippen LogP contribution in [0.2, 0.25) is 0 Å². The number of ether oxygens (including phenoxy) is 2. The summed E-state index contributed by atoms with van der Waals surface area (Å²) in [7, 11) is 0. The Morgan fingerprint density at radius 3 is 2.23 bits per heavy atom. The van der Waals surface area contributed by atoms with E-state index in [4.69, 9.17) is 14.9 Å². The molecule has 7 heteroatoms. The lowest BCUT2D eigenvalue weighted by molar-refractivity contribution is -0.286. The van der Waals surface area contributed by atoms with Gasteiger partial charge in [0.1, 0.15) is 0 Å². The Hall–Kier alpha value is -3.18. The van der Waals surface area contributed by atoms with Gasteiger partial charge in [-0.2, -0.15) is 15.8 Å². The van der Waals surface area contributed by atoms with Gasteiger partial charge < -0.3 is 9.47 Å². The fraction of sp³-hybridized carbons (Fsp3) is 0.333. The zero-order valence-electron chi connectivity index (χ0n) is 16.8. The first kappa shape index (κ1) is 21.1. The van der Waals surface area contributed by atoms with E-state index in [0.717, 1.165) is 10.0 Å². The van der Waals surface area contributed by atoms with E-state index < -0.39 is 34.5 Å². The Balaban J connectivity index is 1.86. The standard InChI is InChI=1S/C24H19BrN4O2/c1-16-23(15-28)21(29)31-24(16,18-8-10-19(25)11-9-18)30-20(22(23,13-26)14-27)12-7-17-5-3-2-4-6-17/h2-6,8-11,16,20,29H,7,12H2,1H3. The van der Waals surface area contributed by atoms with Crippen LogP contribution in [0.25, 0.3) is 0 Å². The molecular weight excluding hydrogens is 456 g/mol. The van der Waals surface area contributed by atoms with Crippen molar-refractivity contribution in [3.63, 3.8) is 0 Å². The molecule has 4 atom stereocenters. The number of nitrogens with one attached hydrogen (secondary N) is 1. The van der Waals surface area contributed by atoms with E-state index in [0.29, 0.717) is 18.4 Å². The minimum atomic E-state index is -1.87. The van der Waals surface area contributed by atoms with Gasteiger partial charge in [0.05, 0.1) is 30.2 Å². The second-order valence-electron chi connectivity index (χ2n) is 7.91. The third-order valence-corrected chi connectivity index (χ3v) is 7.10. The third-order valence-electron chi connectivity index (χ3n) is 6.57. The molecule has 1 N–H and O–H groups in total. The number of fused-ring (bicyclic) bond motifs is 2. The molecule has 0 spiro atoms. The highest BCUT2D eigenvalue weighted by Gasteiger charge is 2.79. The summed E-state index contributed by atoms with van der Waals surface area (Å²) in [6.07, 6.45) is -0.0445. The molecule has 2 aliphatic rings. The minimum absolute atomic E-state index is 0.330. The fourth-order valence-electron chi connectivity index (χ4n) is 4.86. The molecule has 2 aliphatic heterocycles. The summed E-state index contributed by atoms with van der Waals surface area (Å²) in [5.41, 5.74) is -1.95. The number of rotatable bonds is 4. The largest absolute Gasteiger partial charge is 0.443 e. The van der Waals surface area contributed by atoms with Crippen molar-refractivity contribution >= 4 is 21.8 Å². The van der Waals surface area contributed by atoms with Gasteiger partial charge in [0, 0.05) is 10.0 Å². The Labute approximate surface area is 189 Å². The molecule has 2 aromatic rings. The Morgan fingerprint density at radius 1 is 1.00 bits per heavy atom. The Morgan fingerprint density at radius 2 is 1.65 bits per heavy atom. The van der Waals surface area contributed by atoms with Crippen LogP contribution in [0.1, 0.15) is 24.5 Å². The molecule has 2 heterocycles. The van der Waals surface area contributed by atoms with Crippen LogP contribution in [0.4, 0.5) is 0 Å². The molecule has 0 radical (unpaired) electrons.